The summed E-state index contributed by atoms with van der Waals surface area (Å²) in [7, 11) is -4.01. The predicted octanol–water partition coefficient (Wildman–Crippen LogP) is 7.79. The Balaban J connectivity index is 1.60. The van der Waals surface area contributed by atoms with E-state index in [1.165, 1.54) is 5.56 Å². The summed E-state index contributed by atoms with van der Waals surface area (Å²) in [5.41, 5.74) is 3.22. The molecule has 0 bridgehead atoms. The molecule has 0 radical (unpaired) electrons. The molecule has 0 aliphatic rings. The maximum absolute atomic E-state index is 13.6. The maximum atomic E-state index is 13.6. The van der Waals surface area contributed by atoms with Crippen LogP contribution in [0.5, 0.6) is 17.2 Å². The Hall–Kier alpha value is -3.49. The minimum atomic E-state index is -4.01. The summed E-state index contributed by atoms with van der Waals surface area (Å²) in [5.74, 6) is 1.47. The van der Waals surface area contributed by atoms with Crippen LogP contribution < -0.4 is 13.6 Å². The van der Waals surface area contributed by atoms with Crippen LogP contribution in [0.15, 0.2) is 109 Å². The van der Waals surface area contributed by atoms with E-state index in [1.54, 1.807) is 48.5 Å². The molecule has 0 aliphatic heterocycles. The van der Waals surface area contributed by atoms with Crippen LogP contribution in [-0.4, -0.2) is 0 Å². The minimum absolute atomic E-state index is 0.219. The maximum Gasteiger partial charge on any atom is 0.647 e. The van der Waals surface area contributed by atoms with Gasteiger partial charge in [0, 0.05) is 5.92 Å². The monoisotopic (exact) mass is 444 g/mol. The SMILES string of the molecule is Cc1cc(C(C)c2ccccc2)ccc1OP(=O)(Oc1ccccc1)Oc1ccccc1. The highest BCUT2D eigenvalue weighted by molar-refractivity contribution is 7.49. The molecule has 162 valence electrons. The fourth-order valence-corrected chi connectivity index (χ4v) is 4.69. The molecule has 1 atom stereocenters. The highest BCUT2D eigenvalue weighted by Crippen LogP contribution is 2.50. The van der Waals surface area contributed by atoms with Gasteiger partial charge in [-0.3, -0.25) is 0 Å². The molecule has 32 heavy (non-hydrogen) atoms. The molecule has 0 N–H and O–H groups in total. The second kappa shape index (κ2) is 9.76. The molecule has 0 fully saturated rings. The normalized spacial score (nSPS) is 12.1. The first-order valence-corrected chi connectivity index (χ1v) is 11.9. The number of phosphoric acid groups is 1. The molecule has 0 saturated heterocycles. The third-order valence-electron chi connectivity index (χ3n) is 5.13. The summed E-state index contributed by atoms with van der Waals surface area (Å²) < 4.78 is 31.0. The molecule has 0 heterocycles. The van der Waals surface area contributed by atoms with Gasteiger partial charge < -0.3 is 13.6 Å². The number of hydrogen-bond acceptors (Lipinski definition) is 4. The van der Waals surface area contributed by atoms with Crippen LogP contribution in [0, 0.1) is 6.92 Å². The first-order chi connectivity index (χ1) is 15.5. The van der Waals surface area contributed by atoms with Gasteiger partial charge in [-0.05, 0) is 53.9 Å². The van der Waals surface area contributed by atoms with Crippen molar-refractivity contribution < 1.29 is 18.1 Å². The van der Waals surface area contributed by atoms with Crippen LogP contribution in [0.1, 0.15) is 29.5 Å². The first kappa shape index (κ1) is 21.7. The van der Waals surface area contributed by atoms with Crippen molar-refractivity contribution >= 4 is 7.82 Å². The van der Waals surface area contributed by atoms with Crippen molar-refractivity contribution in [3.63, 3.8) is 0 Å². The lowest BCUT2D eigenvalue weighted by molar-refractivity contribution is 0.297. The summed E-state index contributed by atoms with van der Waals surface area (Å²) >= 11 is 0. The number of para-hydroxylation sites is 2. The van der Waals surface area contributed by atoms with E-state index in [-0.39, 0.29) is 5.92 Å². The molecular formula is C27H25O4P. The van der Waals surface area contributed by atoms with Crippen LogP contribution in [0.2, 0.25) is 0 Å². The molecule has 4 rings (SSSR count). The minimum Gasteiger partial charge on any atom is -0.386 e. The van der Waals surface area contributed by atoms with Crippen LogP contribution in [0.25, 0.3) is 0 Å². The smallest absolute Gasteiger partial charge is 0.386 e. The summed E-state index contributed by atoms with van der Waals surface area (Å²) in [5, 5.41) is 0. The third kappa shape index (κ3) is 5.40. The van der Waals surface area contributed by atoms with E-state index in [1.807, 2.05) is 55.5 Å². The quantitative estimate of drug-likeness (QED) is 0.260. The first-order valence-electron chi connectivity index (χ1n) is 10.5. The van der Waals surface area contributed by atoms with Gasteiger partial charge in [-0.1, -0.05) is 85.8 Å². The fraction of sp³-hybridized carbons (Fsp3) is 0.111. The van der Waals surface area contributed by atoms with E-state index >= 15 is 0 Å². The second-order valence-corrected chi connectivity index (χ2v) is 8.95. The molecule has 5 heteroatoms. The molecule has 1 unspecified atom stereocenters. The zero-order valence-corrected chi connectivity index (χ0v) is 18.9. The fourth-order valence-electron chi connectivity index (χ4n) is 3.38. The number of aryl methyl sites for hydroxylation is 1. The van der Waals surface area contributed by atoms with Crippen LogP contribution >= 0.6 is 7.82 Å². The molecular weight excluding hydrogens is 419 g/mol. The third-order valence-corrected chi connectivity index (χ3v) is 6.42. The predicted molar refractivity (Wildman–Crippen MR) is 128 cm³/mol. The lowest BCUT2D eigenvalue weighted by Gasteiger charge is -2.21. The Labute approximate surface area is 189 Å². The van der Waals surface area contributed by atoms with Gasteiger partial charge in [-0.2, -0.15) is 4.57 Å². The van der Waals surface area contributed by atoms with E-state index in [0.717, 1.165) is 11.1 Å². The van der Waals surface area contributed by atoms with Gasteiger partial charge in [0.15, 0.2) is 0 Å². The zero-order valence-electron chi connectivity index (χ0n) is 18.0. The molecule has 0 amide bonds. The van der Waals surface area contributed by atoms with Crippen LogP contribution in [0.3, 0.4) is 0 Å². The van der Waals surface area contributed by atoms with E-state index in [0.29, 0.717) is 17.2 Å². The van der Waals surface area contributed by atoms with Crippen LogP contribution in [0.4, 0.5) is 0 Å². The Bertz CT molecular complexity index is 1150. The lowest BCUT2D eigenvalue weighted by Crippen LogP contribution is -2.08. The Morgan fingerprint density at radius 3 is 1.62 bits per heavy atom. The molecule has 4 aromatic carbocycles. The van der Waals surface area contributed by atoms with Crippen molar-refractivity contribution in [2.45, 2.75) is 19.8 Å². The van der Waals surface area contributed by atoms with Gasteiger partial charge in [0.2, 0.25) is 0 Å². The molecule has 0 aromatic heterocycles. The molecule has 0 saturated carbocycles. The van der Waals surface area contributed by atoms with Crippen molar-refractivity contribution in [1.82, 2.24) is 0 Å². The van der Waals surface area contributed by atoms with Gasteiger partial charge in [-0.15, -0.1) is 0 Å². The van der Waals surface area contributed by atoms with E-state index in [4.69, 9.17) is 13.6 Å². The van der Waals surface area contributed by atoms with Gasteiger partial charge >= 0.3 is 7.82 Å². The van der Waals surface area contributed by atoms with Gasteiger partial charge in [-0.25, -0.2) is 0 Å². The largest absolute Gasteiger partial charge is 0.647 e. The van der Waals surface area contributed by atoms with E-state index in [9.17, 15) is 4.57 Å². The average Bonchev–Trinajstić information content (AvgIpc) is 2.81. The van der Waals surface area contributed by atoms with Gasteiger partial charge in [0.1, 0.15) is 17.2 Å². The molecule has 4 aromatic rings. The highest BCUT2D eigenvalue weighted by atomic mass is 31.2. The van der Waals surface area contributed by atoms with E-state index in [2.05, 4.69) is 19.1 Å². The summed E-state index contributed by atoms with van der Waals surface area (Å²) in [6, 6.07) is 33.9. The van der Waals surface area contributed by atoms with Crippen molar-refractivity contribution in [3.05, 3.63) is 126 Å². The Morgan fingerprint density at radius 1 is 0.625 bits per heavy atom. The van der Waals surface area contributed by atoms with Crippen molar-refractivity contribution in [2.75, 3.05) is 0 Å². The van der Waals surface area contributed by atoms with Gasteiger partial charge in [0.05, 0.1) is 0 Å². The van der Waals surface area contributed by atoms with Crippen molar-refractivity contribution in [1.29, 1.82) is 0 Å². The summed E-state index contributed by atoms with van der Waals surface area (Å²) in [6.07, 6.45) is 0. The zero-order chi connectivity index (χ0) is 22.4. The number of benzene rings is 4. The van der Waals surface area contributed by atoms with Crippen LogP contribution in [-0.2, 0) is 4.57 Å². The van der Waals surface area contributed by atoms with Crippen molar-refractivity contribution in [2.24, 2.45) is 0 Å². The highest BCUT2D eigenvalue weighted by Gasteiger charge is 2.33. The lowest BCUT2D eigenvalue weighted by atomic mass is 9.92. The average molecular weight is 444 g/mol. The number of rotatable bonds is 8. The molecule has 4 nitrogen and oxygen atoms in total. The topological polar surface area (TPSA) is 44.8 Å². The van der Waals surface area contributed by atoms with Crippen molar-refractivity contribution in [3.8, 4) is 17.2 Å². The summed E-state index contributed by atoms with van der Waals surface area (Å²) in [4.78, 5) is 0. The summed E-state index contributed by atoms with van der Waals surface area (Å²) in [6.45, 7) is 4.08. The Kier molecular flexibility index (Phi) is 6.63. The van der Waals surface area contributed by atoms with Gasteiger partial charge in [0.25, 0.3) is 0 Å². The Morgan fingerprint density at radius 2 is 1.12 bits per heavy atom. The second-order valence-electron chi connectivity index (χ2n) is 7.50. The number of hydrogen-bond donors (Lipinski definition) is 0. The molecule has 0 aliphatic carbocycles. The standard InChI is InChI=1S/C27H25O4P/c1-21-20-24(22(2)23-12-6-3-7-13-23)18-19-27(21)31-32(28,29-25-14-8-4-9-15-25)30-26-16-10-5-11-17-26/h3-20,22H,1-2H3. The molecule has 0 spiro atoms. The number of phosphoric ester groups is 1. The van der Waals surface area contributed by atoms with E-state index < -0.39 is 7.82 Å².